The number of rotatable bonds is 6. The Morgan fingerprint density at radius 2 is 1.62 bits per heavy atom. The molecule has 1 amide bonds. The van der Waals surface area contributed by atoms with Crippen LogP contribution in [0.1, 0.15) is 32.8 Å². The van der Waals surface area contributed by atoms with E-state index in [0.29, 0.717) is 31.0 Å². The molecule has 1 heterocycles. The van der Waals surface area contributed by atoms with Gasteiger partial charge in [-0.3, -0.25) is 4.90 Å². The standard InChI is InChI=1S/C20H30N2O6.C2H2O4/c1-20(2,3)28-19(24)22-12-14(10-15(22)18(23)27-6)21-11-13-7-8-16(25-4)17(9-13)26-5;3-1(4)2(5)6/h7-9,14-15,21H,10-12H2,1-6H3;(H,3,4)(H,5,6)/t14-,15-;/m0./s1. The van der Waals surface area contributed by atoms with Crippen LogP contribution in [0.2, 0.25) is 0 Å². The van der Waals surface area contributed by atoms with Gasteiger partial charge in [-0.1, -0.05) is 6.07 Å². The summed E-state index contributed by atoms with van der Waals surface area (Å²) in [5.41, 5.74) is 0.367. The van der Waals surface area contributed by atoms with Crippen molar-refractivity contribution in [1.82, 2.24) is 10.2 Å². The normalized spacial score (nSPS) is 17.2. The first-order valence-electron chi connectivity index (χ1n) is 10.3. The third-order valence-corrected chi connectivity index (χ3v) is 4.63. The highest BCUT2D eigenvalue weighted by Gasteiger charge is 2.42. The number of amides is 1. The van der Waals surface area contributed by atoms with Gasteiger partial charge >= 0.3 is 24.0 Å². The van der Waals surface area contributed by atoms with Gasteiger partial charge in [0.2, 0.25) is 0 Å². The SMILES string of the molecule is COC(=O)[C@@H]1C[C@H](NCc2ccc(OC)c(OC)c2)CN1C(=O)OC(C)(C)C.O=C(O)C(=O)O. The molecule has 3 N–H and O–H groups in total. The predicted molar refractivity (Wildman–Crippen MR) is 119 cm³/mol. The van der Waals surface area contributed by atoms with Gasteiger partial charge in [0.15, 0.2) is 11.5 Å². The van der Waals surface area contributed by atoms with Crippen LogP contribution in [-0.4, -0.2) is 84.7 Å². The molecule has 0 bridgehead atoms. The first kappa shape index (κ1) is 28.5. The number of carboxylic acids is 2. The minimum Gasteiger partial charge on any atom is -0.493 e. The number of carbonyl (C=O) groups is 4. The largest absolute Gasteiger partial charge is 0.493 e. The van der Waals surface area contributed by atoms with Gasteiger partial charge in [-0.2, -0.15) is 0 Å². The van der Waals surface area contributed by atoms with Gasteiger partial charge < -0.3 is 34.5 Å². The second-order valence-electron chi connectivity index (χ2n) is 8.28. The fourth-order valence-corrected chi connectivity index (χ4v) is 3.12. The fourth-order valence-electron chi connectivity index (χ4n) is 3.12. The maximum absolute atomic E-state index is 12.5. The number of methoxy groups -OCH3 is 3. The summed E-state index contributed by atoms with van der Waals surface area (Å²) in [6, 6.07) is 4.94. The zero-order valence-electron chi connectivity index (χ0n) is 20.1. The molecular formula is C22H32N2O10. The third kappa shape index (κ3) is 8.77. The van der Waals surface area contributed by atoms with Gasteiger partial charge in [-0.25, -0.2) is 19.2 Å². The minimum atomic E-state index is -1.82. The zero-order chi connectivity index (χ0) is 26.1. The molecule has 1 aromatic carbocycles. The molecule has 190 valence electrons. The van der Waals surface area contributed by atoms with E-state index in [1.165, 1.54) is 12.0 Å². The lowest BCUT2D eigenvalue weighted by Crippen LogP contribution is -2.44. The fraction of sp³-hybridized carbons (Fsp3) is 0.545. The molecule has 12 nitrogen and oxygen atoms in total. The van der Waals surface area contributed by atoms with Gasteiger partial charge in [0.1, 0.15) is 11.6 Å². The summed E-state index contributed by atoms with van der Waals surface area (Å²) in [4.78, 5) is 44.3. The molecule has 12 heteroatoms. The Morgan fingerprint density at radius 3 is 2.09 bits per heavy atom. The second kappa shape index (κ2) is 12.6. The Kier molecular flexibility index (Phi) is 10.6. The number of ether oxygens (including phenoxy) is 4. The molecule has 0 aromatic heterocycles. The lowest BCUT2D eigenvalue weighted by atomic mass is 10.1. The van der Waals surface area contributed by atoms with Crippen molar-refractivity contribution in [3.8, 4) is 11.5 Å². The van der Waals surface area contributed by atoms with Crippen molar-refractivity contribution in [3.63, 3.8) is 0 Å². The number of hydrogen-bond donors (Lipinski definition) is 3. The van der Waals surface area contributed by atoms with Gasteiger partial charge in [-0.05, 0) is 44.9 Å². The molecule has 0 saturated carbocycles. The summed E-state index contributed by atoms with van der Waals surface area (Å²) in [6.07, 6.45) is -0.0579. The number of benzene rings is 1. The number of hydrogen-bond acceptors (Lipinski definition) is 9. The smallest absolute Gasteiger partial charge is 0.414 e. The van der Waals surface area contributed by atoms with Crippen molar-refractivity contribution in [2.75, 3.05) is 27.9 Å². The van der Waals surface area contributed by atoms with E-state index in [1.54, 1.807) is 35.0 Å². The highest BCUT2D eigenvalue weighted by Crippen LogP contribution is 2.28. The third-order valence-electron chi connectivity index (χ3n) is 4.63. The van der Waals surface area contributed by atoms with Crippen LogP contribution in [0, 0.1) is 0 Å². The molecule has 0 spiro atoms. The Balaban J connectivity index is 0.000000852. The zero-order valence-corrected chi connectivity index (χ0v) is 20.1. The number of nitrogens with zero attached hydrogens (tertiary/aromatic N) is 1. The summed E-state index contributed by atoms with van der Waals surface area (Å²) in [7, 11) is 4.50. The molecule has 0 radical (unpaired) electrons. The van der Waals surface area contributed by atoms with Crippen LogP contribution in [0.15, 0.2) is 18.2 Å². The van der Waals surface area contributed by atoms with E-state index >= 15 is 0 Å². The maximum atomic E-state index is 12.5. The van der Waals surface area contributed by atoms with E-state index in [4.69, 9.17) is 38.7 Å². The molecule has 34 heavy (non-hydrogen) atoms. The number of carboxylic acid groups (broad SMARTS) is 2. The number of carbonyl (C=O) groups excluding carboxylic acids is 2. The summed E-state index contributed by atoms with van der Waals surface area (Å²) in [5, 5.41) is 18.2. The van der Waals surface area contributed by atoms with Crippen LogP contribution in [-0.2, 0) is 30.4 Å². The topological polar surface area (TPSA) is 161 Å². The summed E-state index contributed by atoms with van der Waals surface area (Å²) in [5.74, 6) is -2.78. The Labute approximate surface area is 197 Å². The highest BCUT2D eigenvalue weighted by molar-refractivity contribution is 6.27. The van der Waals surface area contributed by atoms with Gasteiger partial charge in [0.05, 0.1) is 21.3 Å². The van der Waals surface area contributed by atoms with Crippen LogP contribution in [0.25, 0.3) is 0 Å². The van der Waals surface area contributed by atoms with Crippen molar-refractivity contribution >= 4 is 24.0 Å². The lowest BCUT2D eigenvalue weighted by Gasteiger charge is -2.27. The molecule has 1 aromatic rings. The first-order valence-corrected chi connectivity index (χ1v) is 10.3. The van der Waals surface area contributed by atoms with Gasteiger partial charge in [-0.15, -0.1) is 0 Å². The van der Waals surface area contributed by atoms with Crippen molar-refractivity contribution < 1.29 is 48.3 Å². The van der Waals surface area contributed by atoms with Crippen LogP contribution in [0.5, 0.6) is 11.5 Å². The van der Waals surface area contributed by atoms with Crippen LogP contribution in [0.4, 0.5) is 4.79 Å². The molecule has 0 unspecified atom stereocenters. The molecule has 2 rings (SSSR count). The Bertz CT molecular complexity index is 869. The minimum absolute atomic E-state index is 0.0651. The quantitative estimate of drug-likeness (QED) is 0.396. The Hall–Kier alpha value is -3.54. The van der Waals surface area contributed by atoms with E-state index < -0.39 is 35.6 Å². The van der Waals surface area contributed by atoms with E-state index in [0.717, 1.165) is 5.56 Å². The molecule has 1 fully saturated rings. The van der Waals surface area contributed by atoms with Gasteiger partial charge in [0.25, 0.3) is 0 Å². The van der Waals surface area contributed by atoms with E-state index in [9.17, 15) is 9.59 Å². The predicted octanol–water partition coefficient (Wildman–Crippen LogP) is 1.50. The average Bonchev–Trinajstić information content (AvgIpc) is 3.20. The van der Waals surface area contributed by atoms with Crippen LogP contribution in [0.3, 0.4) is 0 Å². The highest BCUT2D eigenvalue weighted by atomic mass is 16.6. The van der Waals surface area contributed by atoms with Crippen molar-refractivity contribution in [2.45, 2.75) is 51.4 Å². The van der Waals surface area contributed by atoms with Crippen LogP contribution >= 0.6 is 0 Å². The first-order chi connectivity index (χ1) is 15.8. The lowest BCUT2D eigenvalue weighted by molar-refractivity contribution is -0.159. The summed E-state index contributed by atoms with van der Waals surface area (Å²) in [6.45, 7) is 6.30. The second-order valence-corrected chi connectivity index (χ2v) is 8.28. The molecular weight excluding hydrogens is 452 g/mol. The van der Waals surface area contributed by atoms with E-state index in [2.05, 4.69) is 5.32 Å². The molecule has 1 aliphatic rings. The van der Waals surface area contributed by atoms with Gasteiger partial charge in [0, 0.05) is 19.1 Å². The van der Waals surface area contributed by atoms with E-state index in [-0.39, 0.29) is 6.04 Å². The molecule has 1 saturated heterocycles. The maximum Gasteiger partial charge on any atom is 0.414 e. The monoisotopic (exact) mass is 484 g/mol. The Morgan fingerprint density at radius 1 is 1.03 bits per heavy atom. The van der Waals surface area contributed by atoms with Crippen molar-refractivity contribution in [3.05, 3.63) is 23.8 Å². The number of likely N-dealkylation sites (tertiary alicyclic amines) is 1. The molecule has 2 atom stereocenters. The number of nitrogens with one attached hydrogen (secondary N) is 1. The molecule has 0 aliphatic carbocycles. The summed E-state index contributed by atoms with van der Waals surface area (Å²) < 4.78 is 20.9. The average molecular weight is 485 g/mol. The number of aliphatic carboxylic acids is 2. The van der Waals surface area contributed by atoms with Crippen LogP contribution < -0.4 is 14.8 Å². The van der Waals surface area contributed by atoms with E-state index in [1.807, 2.05) is 18.2 Å². The van der Waals surface area contributed by atoms with Crippen molar-refractivity contribution in [1.29, 1.82) is 0 Å². The molecule has 1 aliphatic heterocycles. The van der Waals surface area contributed by atoms with Crippen molar-refractivity contribution in [2.24, 2.45) is 0 Å². The number of esters is 1. The summed E-state index contributed by atoms with van der Waals surface area (Å²) >= 11 is 0.